The minimum Gasteiger partial charge on any atom is -0.478 e. The first kappa shape index (κ1) is 12.7. The van der Waals surface area contributed by atoms with Gasteiger partial charge < -0.3 is 10.2 Å². The fourth-order valence-electron chi connectivity index (χ4n) is 1.60. The average Bonchev–Trinajstić information content (AvgIpc) is 2.39. The SMILES string of the molecule is Cc1cnc(-c2cc(C(=O)O)ccn2)cc1C(=O)O. The van der Waals surface area contributed by atoms with Crippen molar-refractivity contribution >= 4 is 11.9 Å². The summed E-state index contributed by atoms with van der Waals surface area (Å²) >= 11 is 0. The zero-order chi connectivity index (χ0) is 14.0. The summed E-state index contributed by atoms with van der Waals surface area (Å²) in [5.74, 6) is -2.13. The molecule has 0 spiro atoms. The maximum absolute atomic E-state index is 11.0. The molecule has 96 valence electrons. The molecule has 2 N–H and O–H groups in total. The fourth-order valence-corrected chi connectivity index (χ4v) is 1.60. The number of hydrogen-bond donors (Lipinski definition) is 2. The van der Waals surface area contributed by atoms with Crippen molar-refractivity contribution in [3.63, 3.8) is 0 Å². The number of aromatic carboxylic acids is 2. The predicted molar refractivity (Wildman–Crippen MR) is 66.1 cm³/mol. The van der Waals surface area contributed by atoms with E-state index in [0.717, 1.165) is 0 Å². The van der Waals surface area contributed by atoms with Gasteiger partial charge in [-0.3, -0.25) is 9.97 Å². The molecule has 0 amide bonds. The van der Waals surface area contributed by atoms with Crippen LogP contribution in [-0.4, -0.2) is 32.1 Å². The van der Waals surface area contributed by atoms with Crippen LogP contribution in [0, 0.1) is 6.92 Å². The van der Waals surface area contributed by atoms with Crippen molar-refractivity contribution in [2.75, 3.05) is 0 Å². The van der Waals surface area contributed by atoms with Gasteiger partial charge in [-0.15, -0.1) is 0 Å². The van der Waals surface area contributed by atoms with E-state index >= 15 is 0 Å². The summed E-state index contributed by atoms with van der Waals surface area (Å²) in [5.41, 5.74) is 1.37. The Morgan fingerprint density at radius 2 is 1.74 bits per heavy atom. The van der Waals surface area contributed by atoms with Gasteiger partial charge in [0.05, 0.1) is 22.5 Å². The van der Waals surface area contributed by atoms with Crippen LogP contribution in [0.1, 0.15) is 26.3 Å². The number of aryl methyl sites for hydroxylation is 1. The van der Waals surface area contributed by atoms with E-state index in [2.05, 4.69) is 9.97 Å². The van der Waals surface area contributed by atoms with Gasteiger partial charge in [-0.1, -0.05) is 0 Å². The van der Waals surface area contributed by atoms with Crippen molar-refractivity contribution in [1.29, 1.82) is 0 Å². The monoisotopic (exact) mass is 258 g/mol. The number of rotatable bonds is 3. The van der Waals surface area contributed by atoms with Gasteiger partial charge in [0, 0.05) is 12.4 Å². The summed E-state index contributed by atoms with van der Waals surface area (Å²) in [6, 6.07) is 4.09. The van der Waals surface area contributed by atoms with E-state index in [4.69, 9.17) is 10.2 Å². The Balaban J connectivity index is 2.53. The molecule has 6 nitrogen and oxygen atoms in total. The molecule has 0 aliphatic rings. The maximum Gasteiger partial charge on any atom is 0.336 e. The maximum atomic E-state index is 11.0. The molecule has 0 radical (unpaired) electrons. The molecule has 0 aliphatic carbocycles. The summed E-state index contributed by atoms with van der Waals surface area (Å²) < 4.78 is 0. The molecule has 0 unspecified atom stereocenters. The highest BCUT2D eigenvalue weighted by Gasteiger charge is 2.12. The largest absolute Gasteiger partial charge is 0.478 e. The third-order valence-electron chi connectivity index (χ3n) is 2.60. The van der Waals surface area contributed by atoms with Crippen molar-refractivity contribution in [3.05, 3.63) is 47.3 Å². The number of nitrogens with zero attached hydrogens (tertiary/aromatic N) is 2. The number of carboxylic acid groups (broad SMARTS) is 2. The first-order chi connectivity index (χ1) is 8.99. The summed E-state index contributed by atoms with van der Waals surface area (Å²) in [7, 11) is 0. The highest BCUT2D eigenvalue weighted by molar-refractivity contribution is 5.91. The third-order valence-corrected chi connectivity index (χ3v) is 2.60. The Bertz CT molecular complexity index is 667. The standard InChI is InChI=1S/C13H10N2O4/c1-7-6-15-11(5-9(7)13(18)19)10-4-8(12(16)17)2-3-14-10/h2-6H,1H3,(H,16,17)(H,18,19). The molecule has 0 saturated heterocycles. The molecule has 19 heavy (non-hydrogen) atoms. The second kappa shape index (κ2) is 4.85. The number of carboxylic acids is 2. The lowest BCUT2D eigenvalue weighted by molar-refractivity contribution is 0.0685. The van der Waals surface area contributed by atoms with Crippen molar-refractivity contribution in [2.24, 2.45) is 0 Å². The van der Waals surface area contributed by atoms with Gasteiger partial charge in [-0.2, -0.15) is 0 Å². The van der Waals surface area contributed by atoms with Gasteiger partial charge in [-0.25, -0.2) is 9.59 Å². The normalized spacial score (nSPS) is 10.2. The molecule has 0 bridgehead atoms. The van der Waals surface area contributed by atoms with Gasteiger partial charge >= 0.3 is 11.9 Å². The number of carbonyl (C=O) groups is 2. The van der Waals surface area contributed by atoms with Gasteiger partial charge in [0.25, 0.3) is 0 Å². The fraction of sp³-hybridized carbons (Fsp3) is 0.0769. The summed E-state index contributed by atoms with van der Waals surface area (Å²) in [6.07, 6.45) is 2.77. The van der Waals surface area contributed by atoms with Gasteiger partial charge in [-0.05, 0) is 30.7 Å². The van der Waals surface area contributed by atoms with E-state index in [1.54, 1.807) is 6.92 Å². The molecular weight excluding hydrogens is 248 g/mol. The van der Waals surface area contributed by atoms with Crippen molar-refractivity contribution < 1.29 is 19.8 Å². The number of pyridine rings is 2. The summed E-state index contributed by atoms with van der Waals surface area (Å²) in [5, 5.41) is 17.9. The molecule has 0 aromatic carbocycles. The molecule has 0 atom stereocenters. The molecule has 0 fully saturated rings. The Labute approximate surface area is 108 Å². The predicted octanol–water partition coefficient (Wildman–Crippen LogP) is 1.85. The van der Waals surface area contributed by atoms with Crippen LogP contribution in [0.25, 0.3) is 11.4 Å². The van der Waals surface area contributed by atoms with Gasteiger partial charge in [0.2, 0.25) is 0 Å². The topological polar surface area (TPSA) is 100 Å². The first-order valence-electron chi connectivity index (χ1n) is 5.38. The minimum atomic E-state index is -1.07. The highest BCUT2D eigenvalue weighted by Crippen LogP contribution is 2.18. The Hall–Kier alpha value is -2.76. The quantitative estimate of drug-likeness (QED) is 0.871. The lowest BCUT2D eigenvalue weighted by atomic mass is 10.1. The molecule has 2 rings (SSSR count). The van der Waals surface area contributed by atoms with E-state index in [0.29, 0.717) is 17.0 Å². The van der Waals surface area contributed by atoms with Crippen LogP contribution in [0.3, 0.4) is 0 Å². The summed E-state index contributed by atoms with van der Waals surface area (Å²) in [4.78, 5) is 30.0. The van der Waals surface area contributed by atoms with E-state index in [-0.39, 0.29) is 11.1 Å². The Morgan fingerprint density at radius 1 is 1.05 bits per heavy atom. The van der Waals surface area contributed by atoms with Crippen LogP contribution in [0.4, 0.5) is 0 Å². The molecular formula is C13H10N2O4. The van der Waals surface area contributed by atoms with E-state index < -0.39 is 11.9 Å². The smallest absolute Gasteiger partial charge is 0.336 e. The molecule has 0 saturated carbocycles. The summed E-state index contributed by atoms with van der Waals surface area (Å²) in [6.45, 7) is 1.64. The Morgan fingerprint density at radius 3 is 2.37 bits per heavy atom. The number of aromatic nitrogens is 2. The van der Waals surface area contributed by atoms with E-state index in [1.807, 2.05) is 0 Å². The first-order valence-corrected chi connectivity index (χ1v) is 5.38. The van der Waals surface area contributed by atoms with Gasteiger partial charge in [0.15, 0.2) is 0 Å². The van der Waals surface area contributed by atoms with Crippen LogP contribution in [-0.2, 0) is 0 Å². The zero-order valence-electron chi connectivity index (χ0n) is 9.99. The molecule has 2 aromatic heterocycles. The molecule has 2 aromatic rings. The van der Waals surface area contributed by atoms with Crippen LogP contribution in [0.2, 0.25) is 0 Å². The lowest BCUT2D eigenvalue weighted by Gasteiger charge is -2.05. The Kier molecular flexibility index (Phi) is 3.24. The molecule has 0 aliphatic heterocycles. The number of hydrogen-bond acceptors (Lipinski definition) is 4. The van der Waals surface area contributed by atoms with Crippen molar-refractivity contribution in [3.8, 4) is 11.4 Å². The molecule has 2 heterocycles. The van der Waals surface area contributed by atoms with Crippen LogP contribution in [0.5, 0.6) is 0 Å². The van der Waals surface area contributed by atoms with Crippen molar-refractivity contribution in [1.82, 2.24) is 9.97 Å². The van der Waals surface area contributed by atoms with Crippen LogP contribution in [0.15, 0.2) is 30.6 Å². The second-order valence-electron chi connectivity index (χ2n) is 3.92. The zero-order valence-corrected chi connectivity index (χ0v) is 9.99. The van der Waals surface area contributed by atoms with Crippen molar-refractivity contribution in [2.45, 2.75) is 6.92 Å². The highest BCUT2D eigenvalue weighted by atomic mass is 16.4. The third kappa shape index (κ3) is 2.57. The second-order valence-corrected chi connectivity index (χ2v) is 3.92. The van der Waals surface area contributed by atoms with E-state index in [9.17, 15) is 9.59 Å². The van der Waals surface area contributed by atoms with E-state index in [1.165, 1.54) is 30.6 Å². The minimum absolute atomic E-state index is 0.0734. The van der Waals surface area contributed by atoms with Crippen LogP contribution >= 0.6 is 0 Å². The average molecular weight is 258 g/mol. The lowest BCUT2D eigenvalue weighted by Crippen LogP contribution is -2.02. The van der Waals surface area contributed by atoms with Crippen LogP contribution < -0.4 is 0 Å². The van der Waals surface area contributed by atoms with Gasteiger partial charge in [0.1, 0.15) is 0 Å². The molecule has 6 heteroatoms.